The molecule has 0 aromatic rings. The number of carbonyl (C=O) groups is 3. The minimum atomic E-state index is -2.80. The predicted molar refractivity (Wildman–Crippen MR) is 49.1 cm³/mol. The molecule has 0 aliphatic carbocycles. The van der Waals surface area contributed by atoms with Gasteiger partial charge in [0.1, 0.15) is 5.78 Å². The summed E-state index contributed by atoms with van der Waals surface area (Å²) in [4.78, 5) is 33.0. The standard InChI is InChI=1S/C9H14O6/c1-4-15-8(13)9(14,7(11)12)5(2)6(3)10/h5,14H,4H2,1-3H3,(H,11,12). The third-order valence-corrected chi connectivity index (χ3v) is 2.15. The molecule has 15 heavy (non-hydrogen) atoms. The van der Waals surface area contributed by atoms with Crippen LogP contribution in [0.25, 0.3) is 0 Å². The highest BCUT2D eigenvalue weighted by atomic mass is 16.6. The number of carboxylic acids is 1. The normalized spacial score (nSPS) is 16.3. The molecule has 0 bridgehead atoms. The number of hydrogen-bond acceptors (Lipinski definition) is 5. The monoisotopic (exact) mass is 218 g/mol. The van der Waals surface area contributed by atoms with Gasteiger partial charge in [-0.05, 0) is 13.8 Å². The van der Waals surface area contributed by atoms with Gasteiger partial charge in [-0.2, -0.15) is 0 Å². The number of ether oxygens (including phenoxy) is 1. The van der Waals surface area contributed by atoms with Gasteiger partial charge in [0.15, 0.2) is 0 Å². The molecule has 6 nitrogen and oxygen atoms in total. The first-order valence-electron chi connectivity index (χ1n) is 4.41. The predicted octanol–water partition coefficient (Wildman–Crippen LogP) is -0.410. The Morgan fingerprint density at radius 1 is 1.40 bits per heavy atom. The number of esters is 1. The van der Waals surface area contributed by atoms with Gasteiger partial charge in [-0.3, -0.25) is 4.79 Å². The molecule has 2 atom stereocenters. The molecule has 2 unspecified atom stereocenters. The number of rotatable bonds is 5. The fraction of sp³-hybridized carbons (Fsp3) is 0.667. The van der Waals surface area contributed by atoms with E-state index in [-0.39, 0.29) is 6.61 Å². The molecule has 0 aliphatic heterocycles. The van der Waals surface area contributed by atoms with Crippen LogP contribution >= 0.6 is 0 Å². The van der Waals surface area contributed by atoms with E-state index in [1.165, 1.54) is 6.92 Å². The maximum Gasteiger partial charge on any atom is 0.350 e. The van der Waals surface area contributed by atoms with Crippen LogP contribution in [0.3, 0.4) is 0 Å². The summed E-state index contributed by atoms with van der Waals surface area (Å²) in [5.74, 6) is -5.06. The van der Waals surface area contributed by atoms with Crippen LogP contribution < -0.4 is 0 Å². The van der Waals surface area contributed by atoms with E-state index in [1.807, 2.05) is 0 Å². The average Bonchev–Trinajstić information content (AvgIpc) is 2.15. The summed E-state index contributed by atoms with van der Waals surface area (Å²) in [5, 5.41) is 18.4. The molecule has 0 rings (SSSR count). The summed E-state index contributed by atoms with van der Waals surface area (Å²) in [6, 6.07) is 0. The molecular weight excluding hydrogens is 204 g/mol. The second-order valence-corrected chi connectivity index (χ2v) is 3.12. The Morgan fingerprint density at radius 2 is 1.87 bits per heavy atom. The third kappa shape index (κ3) is 2.53. The molecule has 0 spiro atoms. The number of hydrogen-bond donors (Lipinski definition) is 2. The van der Waals surface area contributed by atoms with Crippen molar-refractivity contribution in [2.24, 2.45) is 5.92 Å². The van der Waals surface area contributed by atoms with E-state index < -0.39 is 29.2 Å². The van der Waals surface area contributed by atoms with Crippen molar-refractivity contribution in [1.29, 1.82) is 0 Å². The van der Waals surface area contributed by atoms with Crippen molar-refractivity contribution >= 4 is 17.7 Å². The van der Waals surface area contributed by atoms with Gasteiger partial charge in [-0.15, -0.1) is 0 Å². The highest BCUT2D eigenvalue weighted by Gasteiger charge is 2.52. The minimum Gasteiger partial charge on any atom is -0.479 e. The van der Waals surface area contributed by atoms with Gasteiger partial charge in [0.05, 0.1) is 12.5 Å². The molecule has 0 aromatic heterocycles. The lowest BCUT2D eigenvalue weighted by Crippen LogP contribution is -2.54. The van der Waals surface area contributed by atoms with Crippen LogP contribution in [0.2, 0.25) is 0 Å². The zero-order valence-electron chi connectivity index (χ0n) is 8.81. The number of aliphatic carboxylic acids is 1. The first kappa shape index (κ1) is 13.6. The first-order valence-corrected chi connectivity index (χ1v) is 4.41. The van der Waals surface area contributed by atoms with Gasteiger partial charge in [-0.1, -0.05) is 6.92 Å². The van der Waals surface area contributed by atoms with Gasteiger partial charge in [0.2, 0.25) is 0 Å². The number of carboxylic acid groups (broad SMARTS) is 1. The molecule has 0 saturated heterocycles. The van der Waals surface area contributed by atoms with E-state index in [9.17, 15) is 19.5 Å². The number of aliphatic hydroxyl groups is 1. The topological polar surface area (TPSA) is 101 Å². The lowest BCUT2D eigenvalue weighted by molar-refractivity contribution is -0.187. The van der Waals surface area contributed by atoms with Gasteiger partial charge < -0.3 is 14.9 Å². The quantitative estimate of drug-likeness (QED) is 0.480. The summed E-state index contributed by atoms with van der Waals surface area (Å²) in [6.07, 6.45) is 0. The Kier molecular flexibility index (Phi) is 4.41. The van der Waals surface area contributed by atoms with Crippen molar-refractivity contribution in [3.63, 3.8) is 0 Å². The van der Waals surface area contributed by atoms with Gasteiger partial charge in [0.25, 0.3) is 5.60 Å². The maximum atomic E-state index is 11.2. The number of ketones is 1. The molecule has 0 amide bonds. The molecule has 0 heterocycles. The molecule has 0 aliphatic rings. The Labute approximate surface area is 86.8 Å². The fourth-order valence-electron chi connectivity index (χ4n) is 0.985. The van der Waals surface area contributed by atoms with Crippen LogP contribution in [0.5, 0.6) is 0 Å². The van der Waals surface area contributed by atoms with Gasteiger partial charge in [-0.25, -0.2) is 9.59 Å². The zero-order valence-corrected chi connectivity index (χ0v) is 8.81. The van der Waals surface area contributed by atoms with Crippen molar-refractivity contribution in [2.75, 3.05) is 6.61 Å². The second kappa shape index (κ2) is 4.88. The molecule has 0 fully saturated rings. The molecule has 6 heteroatoms. The van der Waals surface area contributed by atoms with Gasteiger partial charge >= 0.3 is 11.9 Å². The fourth-order valence-corrected chi connectivity index (χ4v) is 0.985. The van der Waals surface area contributed by atoms with Crippen molar-refractivity contribution in [3.05, 3.63) is 0 Å². The SMILES string of the molecule is CCOC(=O)C(O)(C(=O)O)C(C)C(C)=O. The van der Waals surface area contributed by atoms with Crippen LogP contribution in [0.15, 0.2) is 0 Å². The van der Waals surface area contributed by atoms with Gasteiger partial charge in [0, 0.05) is 0 Å². The third-order valence-electron chi connectivity index (χ3n) is 2.15. The summed E-state index contributed by atoms with van der Waals surface area (Å²) < 4.78 is 4.42. The summed E-state index contributed by atoms with van der Waals surface area (Å²) in [7, 11) is 0. The van der Waals surface area contributed by atoms with Crippen LogP contribution in [0, 0.1) is 5.92 Å². The van der Waals surface area contributed by atoms with Crippen molar-refractivity contribution in [2.45, 2.75) is 26.4 Å². The Bertz CT molecular complexity index is 284. The number of Topliss-reactive ketones (excluding diaryl/α,β-unsaturated/α-hetero) is 1. The van der Waals surface area contributed by atoms with Crippen LogP contribution in [0.1, 0.15) is 20.8 Å². The van der Waals surface area contributed by atoms with Crippen molar-refractivity contribution in [1.82, 2.24) is 0 Å². The molecular formula is C9H14O6. The van der Waals surface area contributed by atoms with E-state index in [4.69, 9.17) is 5.11 Å². The Balaban J connectivity index is 5.15. The largest absolute Gasteiger partial charge is 0.479 e. The lowest BCUT2D eigenvalue weighted by atomic mass is 9.86. The van der Waals surface area contributed by atoms with Crippen LogP contribution in [-0.4, -0.2) is 40.1 Å². The summed E-state index contributed by atoms with van der Waals surface area (Å²) >= 11 is 0. The van der Waals surface area contributed by atoms with Crippen molar-refractivity contribution < 1.29 is 29.3 Å². The highest BCUT2D eigenvalue weighted by molar-refractivity contribution is 6.06. The second-order valence-electron chi connectivity index (χ2n) is 3.12. The number of carbonyl (C=O) groups excluding carboxylic acids is 2. The van der Waals surface area contributed by atoms with E-state index in [0.717, 1.165) is 13.8 Å². The molecule has 0 radical (unpaired) electrons. The van der Waals surface area contributed by atoms with Crippen LogP contribution in [-0.2, 0) is 19.1 Å². The smallest absolute Gasteiger partial charge is 0.350 e. The van der Waals surface area contributed by atoms with E-state index in [1.54, 1.807) is 0 Å². The maximum absolute atomic E-state index is 11.2. The Morgan fingerprint density at radius 3 is 2.13 bits per heavy atom. The molecule has 2 N–H and O–H groups in total. The van der Waals surface area contributed by atoms with E-state index in [2.05, 4.69) is 4.74 Å². The Hall–Kier alpha value is -1.43. The molecule has 0 saturated carbocycles. The lowest BCUT2D eigenvalue weighted by Gasteiger charge is -2.25. The van der Waals surface area contributed by atoms with E-state index in [0.29, 0.717) is 0 Å². The molecule has 86 valence electrons. The average molecular weight is 218 g/mol. The van der Waals surface area contributed by atoms with E-state index >= 15 is 0 Å². The molecule has 0 aromatic carbocycles. The minimum absolute atomic E-state index is 0.0704. The highest BCUT2D eigenvalue weighted by Crippen LogP contribution is 2.20. The first-order chi connectivity index (χ1) is 6.78. The van der Waals surface area contributed by atoms with Crippen molar-refractivity contribution in [3.8, 4) is 0 Å². The summed E-state index contributed by atoms with van der Waals surface area (Å²) in [5.41, 5.74) is -2.80. The summed E-state index contributed by atoms with van der Waals surface area (Å²) in [6.45, 7) is 3.66. The zero-order chi connectivity index (χ0) is 12.2. The van der Waals surface area contributed by atoms with Crippen LogP contribution in [0.4, 0.5) is 0 Å².